The van der Waals surface area contributed by atoms with Crippen LogP contribution in [0.5, 0.6) is 5.75 Å². The number of ether oxygens (including phenoxy) is 2. The molecule has 0 N–H and O–H groups in total. The third-order valence-corrected chi connectivity index (χ3v) is 4.08. The topological polar surface area (TPSA) is 21.8 Å². The summed E-state index contributed by atoms with van der Waals surface area (Å²) in [6.07, 6.45) is 0. The van der Waals surface area contributed by atoms with Gasteiger partial charge >= 0.3 is 0 Å². The highest BCUT2D eigenvalue weighted by molar-refractivity contribution is 9.11. The molecular formula is C11H12Br2O2. The third-order valence-electron chi connectivity index (χ3n) is 2.44. The molecule has 1 heterocycles. The van der Waals surface area contributed by atoms with E-state index in [9.17, 15) is 0 Å². The lowest BCUT2D eigenvalue weighted by atomic mass is 10.2. The van der Waals surface area contributed by atoms with Crippen molar-refractivity contribution in [3.05, 3.63) is 26.6 Å². The van der Waals surface area contributed by atoms with Crippen LogP contribution in [0, 0.1) is 6.92 Å². The highest BCUT2D eigenvalue weighted by Crippen LogP contribution is 2.32. The average molecular weight is 336 g/mol. The van der Waals surface area contributed by atoms with Crippen molar-refractivity contribution >= 4 is 31.9 Å². The van der Waals surface area contributed by atoms with Crippen LogP contribution in [-0.2, 0) is 4.74 Å². The maximum atomic E-state index is 5.66. The molecule has 1 fully saturated rings. The lowest BCUT2D eigenvalue weighted by Gasteiger charge is -2.11. The molecule has 0 aliphatic carbocycles. The zero-order valence-electron chi connectivity index (χ0n) is 8.64. The Morgan fingerprint density at radius 3 is 2.40 bits per heavy atom. The molecule has 0 radical (unpaired) electrons. The normalized spacial score (nSPS) is 24.0. The van der Waals surface area contributed by atoms with Gasteiger partial charge in [-0.15, -0.1) is 0 Å². The molecule has 1 saturated heterocycles. The molecule has 0 saturated carbocycles. The minimum Gasteiger partial charge on any atom is -0.490 e. The van der Waals surface area contributed by atoms with E-state index in [0.29, 0.717) is 6.61 Å². The van der Waals surface area contributed by atoms with Gasteiger partial charge in [0.15, 0.2) is 0 Å². The van der Waals surface area contributed by atoms with E-state index in [1.54, 1.807) is 0 Å². The van der Waals surface area contributed by atoms with E-state index in [-0.39, 0.29) is 5.60 Å². The monoisotopic (exact) mass is 334 g/mol. The Kier molecular flexibility index (Phi) is 3.10. The molecule has 1 aromatic rings. The van der Waals surface area contributed by atoms with E-state index in [4.69, 9.17) is 9.47 Å². The van der Waals surface area contributed by atoms with Crippen LogP contribution < -0.4 is 4.74 Å². The van der Waals surface area contributed by atoms with Gasteiger partial charge in [-0.1, -0.05) is 31.9 Å². The van der Waals surface area contributed by atoms with Gasteiger partial charge in [0.05, 0.1) is 6.61 Å². The Hall–Kier alpha value is -0.0600. The molecule has 1 unspecified atom stereocenters. The largest absolute Gasteiger partial charge is 0.490 e. The molecular weight excluding hydrogens is 324 g/mol. The molecule has 2 rings (SSSR count). The molecule has 15 heavy (non-hydrogen) atoms. The molecule has 0 aromatic heterocycles. The first-order chi connectivity index (χ1) is 7.00. The first-order valence-corrected chi connectivity index (χ1v) is 6.31. The molecule has 1 aliphatic rings. The molecule has 4 heteroatoms. The van der Waals surface area contributed by atoms with Gasteiger partial charge in [-0.3, -0.25) is 0 Å². The summed E-state index contributed by atoms with van der Waals surface area (Å²) in [4.78, 5) is 0. The molecule has 0 spiro atoms. The number of rotatable bonds is 3. The average Bonchev–Trinajstić information content (AvgIpc) is 2.90. The van der Waals surface area contributed by atoms with Gasteiger partial charge in [-0.05, 0) is 31.5 Å². The summed E-state index contributed by atoms with van der Waals surface area (Å²) in [5.41, 5.74) is 1.11. The van der Waals surface area contributed by atoms with Gasteiger partial charge in [0.25, 0.3) is 0 Å². The summed E-state index contributed by atoms with van der Waals surface area (Å²) < 4.78 is 13.0. The van der Waals surface area contributed by atoms with Crippen molar-refractivity contribution in [1.29, 1.82) is 0 Å². The number of epoxide rings is 1. The van der Waals surface area contributed by atoms with E-state index in [1.165, 1.54) is 5.56 Å². The van der Waals surface area contributed by atoms with E-state index < -0.39 is 0 Å². The zero-order chi connectivity index (χ0) is 11.1. The number of halogens is 2. The van der Waals surface area contributed by atoms with Gasteiger partial charge in [0.1, 0.15) is 18.0 Å². The van der Waals surface area contributed by atoms with Crippen molar-refractivity contribution in [2.24, 2.45) is 0 Å². The second kappa shape index (κ2) is 4.07. The minimum atomic E-state index is -0.0656. The van der Waals surface area contributed by atoms with Crippen molar-refractivity contribution in [3.63, 3.8) is 0 Å². The fourth-order valence-corrected chi connectivity index (χ4v) is 2.29. The highest BCUT2D eigenvalue weighted by atomic mass is 79.9. The molecule has 0 amide bonds. The first kappa shape index (κ1) is 11.4. The molecule has 1 aromatic carbocycles. The Balaban J connectivity index is 2.08. The second-order valence-corrected chi connectivity index (χ2v) is 5.75. The molecule has 1 atom stereocenters. The number of hydrogen-bond acceptors (Lipinski definition) is 2. The van der Waals surface area contributed by atoms with Crippen LogP contribution in [-0.4, -0.2) is 18.8 Å². The summed E-state index contributed by atoms with van der Waals surface area (Å²) in [5, 5.41) is 0. The van der Waals surface area contributed by atoms with Crippen molar-refractivity contribution in [2.45, 2.75) is 19.4 Å². The molecule has 82 valence electrons. The smallest absolute Gasteiger partial charge is 0.123 e. The molecule has 2 nitrogen and oxygen atoms in total. The summed E-state index contributed by atoms with van der Waals surface area (Å²) >= 11 is 6.98. The Labute approximate surface area is 106 Å². The third kappa shape index (κ3) is 2.74. The van der Waals surface area contributed by atoms with Gasteiger partial charge in [-0.2, -0.15) is 0 Å². The Morgan fingerprint density at radius 2 is 1.93 bits per heavy atom. The summed E-state index contributed by atoms with van der Waals surface area (Å²) in [6.45, 7) is 5.49. The lowest BCUT2D eigenvalue weighted by molar-refractivity contribution is 0.202. The van der Waals surface area contributed by atoms with Crippen LogP contribution in [0.15, 0.2) is 21.1 Å². The number of hydrogen-bond donors (Lipinski definition) is 0. The first-order valence-electron chi connectivity index (χ1n) is 4.73. The highest BCUT2D eigenvalue weighted by Gasteiger charge is 2.40. The van der Waals surface area contributed by atoms with Gasteiger partial charge in [0, 0.05) is 8.95 Å². The maximum absolute atomic E-state index is 5.66. The van der Waals surface area contributed by atoms with E-state index >= 15 is 0 Å². The maximum Gasteiger partial charge on any atom is 0.123 e. The molecule has 1 aliphatic heterocycles. The van der Waals surface area contributed by atoms with Crippen LogP contribution >= 0.6 is 31.9 Å². The second-order valence-electron chi connectivity index (χ2n) is 4.04. The van der Waals surface area contributed by atoms with Crippen LogP contribution in [0.25, 0.3) is 0 Å². The Bertz CT molecular complexity index is 363. The fraction of sp³-hybridized carbons (Fsp3) is 0.455. The van der Waals surface area contributed by atoms with Gasteiger partial charge in [0.2, 0.25) is 0 Å². The summed E-state index contributed by atoms with van der Waals surface area (Å²) in [6, 6.07) is 3.96. The Morgan fingerprint density at radius 1 is 1.40 bits per heavy atom. The van der Waals surface area contributed by atoms with Crippen molar-refractivity contribution in [1.82, 2.24) is 0 Å². The summed E-state index contributed by atoms with van der Waals surface area (Å²) in [5.74, 6) is 0.857. The fourth-order valence-electron chi connectivity index (χ4n) is 1.15. The lowest BCUT2D eigenvalue weighted by Crippen LogP contribution is -2.16. The quantitative estimate of drug-likeness (QED) is 0.786. The van der Waals surface area contributed by atoms with Crippen LogP contribution in [0.4, 0.5) is 0 Å². The van der Waals surface area contributed by atoms with Crippen molar-refractivity contribution in [2.75, 3.05) is 13.2 Å². The van der Waals surface area contributed by atoms with Crippen LogP contribution in [0.2, 0.25) is 0 Å². The van der Waals surface area contributed by atoms with Crippen LogP contribution in [0.3, 0.4) is 0 Å². The summed E-state index contributed by atoms with van der Waals surface area (Å²) in [7, 11) is 0. The standard InChI is InChI=1S/C11H12Br2O2/c1-7-9(12)3-8(4-10(7)13)14-5-11(2)6-15-11/h3-4H,5-6H2,1-2H3. The van der Waals surface area contributed by atoms with Crippen molar-refractivity contribution < 1.29 is 9.47 Å². The SMILES string of the molecule is Cc1c(Br)cc(OCC2(C)CO2)cc1Br. The minimum absolute atomic E-state index is 0.0656. The predicted molar refractivity (Wildman–Crippen MR) is 66.4 cm³/mol. The zero-order valence-corrected chi connectivity index (χ0v) is 11.8. The predicted octanol–water partition coefficient (Wildman–Crippen LogP) is 3.69. The van der Waals surface area contributed by atoms with Crippen molar-refractivity contribution in [3.8, 4) is 5.75 Å². The van der Waals surface area contributed by atoms with E-state index in [2.05, 4.69) is 31.9 Å². The van der Waals surface area contributed by atoms with Gasteiger partial charge in [-0.25, -0.2) is 0 Å². The van der Waals surface area contributed by atoms with Gasteiger partial charge < -0.3 is 9.47 Å². The van der Waals surface area contributed by atoms with E-state index in [0.717, 1.165) is 21.3 Å². The van der Waals surface area contributed by atoms with E-state index in [1.807, 2.05) is 26.0 Å². The van der Waals surface area contributed by atoms with Crippen LogP contribution in [0.1, 0.15) is 12.5 Å². The number of benzene rings is 1. The molecule has 0 bridgehead atoms.